The maximum Gasteiger partial charge on any atom is 0.328 e. The van der Waals surface area contributed by atoms with Crippen LogP contribution in [-0.4, -0.2) is 65.9 Å². The van der Waals surface area contributed by atoms with E-state index >= 15 is 0 Å². The summed E-state index contributed by atoms with van der Waals surface area (Å²) < 4.78 is 11.3. The molecule has 1 heterocycles. The Hall–Kier alpha value is -3.89. The molecule has 1 saturated carbocycles. The zero-order chi connectivity index (χ0) is 33.6. The molecule has 3 aliphatic rings. The molecule has 1 fully saturated rings. The zero-order valence-corrected chi connectivity index (χ0v) is 27.3. The number of rotatable bonds is 5. The molecule has 0 spiro atoms. The van der Waals surface area contributed by atoms with Crippen molar-refractivity contribution in [2.45, 2.75) is 103 Å². The maximum atomic E-state index is 13.1. The van der Waals surface area contributed by atoms with Crippen LogP contribution >= 0.6 is 0 Å². The number of ketones is 2. The van der Waals surface area contributed by atoms with Gasteiger partial charge in [-0.05, 0) is 51.2 Å². The minimum atomic E-state index is -0.968. The van der Waals surface area contributed by atoms with Crippen molar-refractivity contribution in [3.8, 4) is 0 Å². The van der Waals surface area contributed by atoms with E-state index in [1.165, 1.54) is 13.2 Å². The summed E-state index contributed by atoms with van der Waals surface area (Å²) in [5.74, 6) is -2.59. The highest BCUT2D eigenvalue weighted by Gasteiger charge is 2.31. The van der Waals surface area contributed by atoms with Gasteiger partial charge in [0, 0.05) is 37.0 Å². The van der Waals surface area contributed by atoms with Crippen LogP contribution in [0.2, 0.25) is 0 Å². The smallest absolute Gasteiger partial charge is 0.328 e. The summed E-state index contributed by atoms with van der Waals surface area (Å²) in [4.78, 5) is 63.8. The average Bonchev–Trinajstić information content (AvgIpc) is 3.04. The molecule has 2 amide bonds. The Kier molecular flexibility index (Phi) is 14.6. The number of esters is 1. The van der Waals surface area contributed by atoms with Crippen LogP contribution in [-0.2, 0) is 33.4 Å². The molecular formula is C36H48N2O8. The molecule has 3 rings (SSSR count). The number of hydrogen-bond donors (Lipinski definition) is 3. The van der Waals surface area contributed by atoms with Gasteiger partial charge in [-0.15, -0.1) is 0 Å². The SMILES string of the molecule is CO[C@H]1\C=C/C=C\C=C/C[C@@H](OC(=O)[C@@H](C)NC(=O)C2CCCCC2)[C@H](C)[C@@H](O)/C(C)=C\CCC2=CC(=O)C=C(NC(=O)C1)C2=O. The number of aliphatic hydroxyl groups is 1. The molecule has 10 heteroatoms. The van der Waals surface area contributed by atoms with Crippen LogP contribution in [0.15, 0.2) is 71.5 Å². The van der Waals surface area contributed by atoms with Crippen LogP contribution in [0.1, 0.15) is 78.6 Å². The van der Waals surface area contributed by atoms with Crippen molar-refractivity contribution in [2.24, 2.45) is 11.8 Å². The topological polar surface area (TPSA) is 148 Å². The first kappa shape index (κ1) is 36.6. The number of hydrogen-bond acceptors (Lipinski definition) is 8. The Morgan fingerprint density at radius 2 is 1.76 bits per heavy atom. The van der Waals surface area contributed by atoms with Gasteiger partial charge < -0.3 is 25.2 Å². The van der Waals surface area contributed by atoms with Gasteiger partial charge in [-0.2, -0.15) is 0 Å². The molecule has 10 nitrogen and oxygen atoms in total. The Balaban J connectivity index is 1.79. The molecule has 5 atom stereocenters. The lowest BCUT2D eigenvalue weighted by atomic mass is 9.88. The van der Waals surface area contributed by atoms with E-state index in [0.717, 1.165) is 38.2 Å². The summed E-state index contributed by atoms with van der Waals surface area (Å²) >= 11 is 0. The summed E-state index contributed by atoms with van der Waals surface area (Å²) in [6.45, 7) is 5.16. The Morgan fingerprint density at radius 1 is 1.04 bits per heavy atom. The van der Waals surface area contributed by atoms with Gasteiger partial charge in [0.15, 0.2) is 5.78 Å². The molecule has 3 N–H and O–H groups in total. The monoisotopic (exact) mass is 636 g/mol. The summed E-state index contributed by atoms with van der Waals surface area (Å²) in [6, 6.07) is -0.840. The van der Waals surface area contributed by atoms with Crippen LogP contribution < -0.4 is 10.6 Å². The predicted molar refractivity (Wildman–Crippen MR) is 174 cm³/mol. The number of aliphatic hydroxyl groups excluding tert-OH is 1. The van der Waals surface area contributed by atoms with Gasteiger partial charge in [0.1, 0.15) is 12.1 Å². The van der Waals surface area contributed by atoms with Gasteiger partial charge in [0.05, 0.1) is 24.3 Å². The molecule has 2 bridgehead atoms. The average molecular weight is 637 g/mol. The number of fused-ring (bicyclic) bond motifs is 2. The third-order valence-corrected chi connectivity index (χ3v) is 8.65. The van der Waals surface area contributed by atoms with Gasteiger partial charge in [-0.25, -0.2) is 4.79 Å². The lowest BCUT2D eigenvalue weighted by Gasteiger charge is -2.29. The number of allylic oxidation sites excluding steroid dienone is 8. The second-order valence-corrected chi connectivity index (χ2v) is 12.3. The third-order valence-electron chi connectivity index (χ3n) is 8.65. The maximum absolute atomic E-state index is 13.1. The van der Waals surface area contributed by atoms with Crippen molar-refractivity contribution >= 4 is 29.4 Å². The Bertz CT molecular complexity index is 1310. The number of methoxy groups -OCH3 is 1. The molecule has 0 saturated heterocycles. The van der Waals surface area contributed by atoms with Crippen LogP contribution in [0.25, 0.3) is 0 Å². The number of Topliss-reactive ketones (excluding diaryl/α,β-unsaturated/α-hetero) is 1. The molecule has 0 aromatic heterocycles. The predicted octanol–water partition coefficient (Wildman–Crippen LogP) is 4.26. The van der Waals surface area contributed by atoms with Crippen LogP contribution in [0.3, 0.4) is 0 Å². The van der Waals surface area contributed by atoms with Crippen molar-refractivity contribution in [2.75, 3.05) is 7.11 Å². The first-order valence-electron chi connectivity index (χ1n) is 16.2. The number of carbonyl (C=O) groups is 5. The van der Waals surface area contributed by atoms with E-state index in [1.807, 2.05) is 6.08 Å². The second-order valence-electron chi connectivity index (χ2n) is 12.3. The highest BCUT2D eigenvalue weighted by molar-refractivity contribution is 6.21. The number of nitrogens with one attached hydrogen (secondary N) is 2. The summed E-state index contributed by atoms with van der Waals surface area (Å²) in [5.41, 5.74) is 0.803. The first-order chi connectivity index (χ1) is 22.0. The van der Waals surface area contributed by atoms with Crippen molar-refractivity contribution in [1.82, 2.24) is 10.6 Å². The molecule has 1 aliphatic heterocycles. The van der Waals surface area contributed by atoms with Gasteiger partial charge in [0.25, 0.3) is 0 Å². The van der Waals surface area contributed by atoms with Crippen LogP contribution in [0.5, 0.6) is 0 Å². The van der Waals surface area contributed by atoms with Gasteiger partial charge >= 0.3 is 5.97 Å². The molecule has 2 aliphatic carbocycles. The minimum Gasteiger partial charge on any atom is -0.460 e. The summed E-state index contributed by atoms with van der Waals surface area (Å²) in [7, 11) is 1.47. The van der Waals surface area contributed by atoms with Crippen molar-refractivity contribution in [3.63, 3.8) is 0 Å². The van der Waals surface area contributed by atoms with Crippen molar-refractivity contribution in [1.29, 1.82) is 0 Å². The molecular weight excluding hydrogens is 588 g/mol. The molecule has 46 heavy (non-hydrogen) atoms. The van der Waals surface area contributed by atoms with Gasteiger partial charge in [0.2, 0.25) is 17.6 Å². The van der Waals surface area contributed by atoms with E-state index in [1.54, 1.807) is 57.2 Å². The van der Waals surface area contributed by atoms with E-state index in [2.05, 4.69) is 10.6 Å². The molecule has 0 aromatic carbocycles. The van der Waals surface area contributed by atoms with E-state index in [-0.39, 0.29) is 35.9 Å². The number of amides is 2. The highest BCUT2D eigenvalue weighted by atomic mass is 16.5. The summed E-state index contributed by atoms with van der Waals surface area (Å²) in [6.07, 6.45) is 18.1. The molecule has 0 radical (unpaired) electrons. The fourth-order valence-electron chi connectivity index (χ4n) is 5.73. The van der Waals surface area contributed by atoms with Crippen LogP contribution in [0.4, 0.5) is 0 Å². The number of ether oxygens (including phenoxy) is 2. The largest absolute Gasteiger partial charge is 0.460 e. The third kappa shape index (κ3) is 11.2. The minimum absolute atomic E-state index is 0.0567. The van der Waals surface area contributed by atoms with Crippen LogP contribution in [0, 0.1) is 11.8 Å². The molecule has 0 unspecified atom stereocenters. The Morgan fingerprint density at radius 3 is 2.48 bits per heavy atom. The lowest BCUT2D eigenvalue weighted by Crippen LogP contribution is -2.45. The normalized spacial score (nSPS) is 29.8. The van der Waals surface area contributed by atoms with Gasteiger partial charge in [-0.1, -0.05) is 68.7 Å². The quantitative estimate of drug-likeness (QED) is 0.230. The lowest BCUT2D eigenvalue weighted by molar-refractivity contribution is -0.156. The van der Waals surface area contributed by atoms with E-state index in [0.29, 0.717) is 18.4 Å². The molecule has 0 aromatic rings. The van der Waals surface area contributed by atoms with E-state index < -0.39 is 53.7 Å². The van der Waals surface area contributed by atoms with E-state index in [9.17, 15) is 29.1 Å². The standard InChI is InChI=1S/C36H48N2O8/c1-23-14-13-17-27-20-28(39)21-30(34(27)42)38-32(40)22-29(45-4)18-11-6-5-7-12-19-31(24(2)33(23)41)46-36(44)25(3)37-35(43)26-15-9-8-10-16-26/h5-7,11-12,14,18,20-21,24-26,29,31,33,41H,8-10,13,15-17,19,22H2,1-4H3,(H,37,43)(H,38,40)/b6-5-,12-7-,18-11-,23-14-/t24-,25+,29-,31+,33-/m0/s1. The Labute approximate surface area is 271 Å². The summed E-state index contributed by atoms with van der Waals surface area (Å²) in [5, 5.41) is 16.6. The van der Waals surface area contributed by atoms with Crippen molar-refractivity contribution < 1.29 is 38.6 Å². The highest BCUT2D eigenvalue weighted by Crippen LogP contribution is 2.25. The van der Waals surface area contributed by atoms with Gasteiger partial charge in [-0.3, -0.25) is 19.2 Å². The number of carbonyl (C=O) groups excluding carboxylic acids is 5. The fraction of sp³-hybridized carbons (Fsp3) is 0.528. The second kappa shape index (κ2) is 18.3. The first-order valence-corrected chi connectivity index (χ1v) is 16.2. The zero-order valence-electron chi connectivity index (χ0n) is 27.3. The fourth-order valence-corrected chi connectivity index (χ4v) is 5.73. The van der Waals surface area contributed by atoms with Crippen molar-refractivity contribution in [3.05, 3.63) is 71.5 Å². The van der Waals surface area contributed by atoms with E-state index in [4.69, 9.17) is 9.47 Å². The molecule has 250 valence electrons.